The van der Waals surface area contributed by atoms with Crippen LogP contribution in [0.5, 0.6) is 5.75 Å². The molecule has 1 atom stereocenters. The molecule has 2 fully saturated rings. The van der Waals surface area contributed by atoms with Crippen molar-refractivity contribution in [2.24, 2.45) is 0 Å². The highest BCUT2D eigenvalue weighted by Crippen LogP contribution is 2.45. The number of carbonyl (C=O) groups is 2. The van der Waals surface area contributed by atoms with E-state index in [1.807, 2.05) is 0 Å². The van der Waals surface area contributed by atoms with Gasteiger partial charge in [0, 0.05) is 23.7 Å². The molecule has 0 unspecified atom stereocenters. The van der Waals surface area contributed by atoms with Crippen LogP contribution in [0, 0.1) is 0 Å². The Labute approximate surface area is 132 Å². The standard InChI is InChI=1S/C14H15ClN2O3S/c1-20-11-3-2-9(15)8-10(11)16-13(19)14-5-4-12(18)17(14)6-7-21-14/h2-3,8H,4-7H2,1H3,(H,16,19)/t14-/m0/s1. The van der Waals surface area contributed by atoms with E-state index in [-0.39, 0.29) is 11.8 Å². The molecule has 3 rings (SSSR count). The van der Waals surface area contributed by atoms with E-state index >= 15 is 0 Å². The molecule has 0 aromatic heterocycles. The Bertz CT molecular complexity index is 610. The predicted octanol–water partition coefficient (Wildman–Crippen LogP) is 2.35. The van der Waals surface area contributed by atoms with E-state index in [2.05, 4.69) is 5.32 Å². The van der Waals surface area contributed by atoms with Gasteiger partial charge in [-0.15, -0.1) is 11.8 Å². The van der Waals surface area contributed by atoms with Crippen molar-refractivity contribution < 1.29 is 14.3 Å². The summed E-state index contributed by atoms with van der Waals surface area (Å²) < 4.78 is 5.23. The number of halogens is 1. The number of benzene rings is 1. The van der Waals surface area contributed by atoms with Gasteiger partial charge in [0.2, 0.25) is 5.91 Å². The zero-order valence-electron chi connectivity index (χ0n) is 11.5. The van der Waals surface area contributed by atoms with Crippen LogP contribution >= 0.6 is 23.4 Å². The molecule has 1 N–H and O–H groups in total. The molecular formula is C14H15ClN2O3S. The Morgan fingerprint density at radius 1 is 1.52 bits per heavy atom. The third kappa shape index (κ3) is 2.36. The summed E-state index contributed by atoms with van der Waals surface area (Å²) in [6.45, 7) is 0.629. The summed E-state index contributed by atoms with van der Waals surface area (Å²) in [6.07, 6.45) is 0.971. The lowest BCUT2D eigenvalue weighted by Gasteiger charge is -2.29. The summed E-state index contributed by atoms with van der Waals surface area (Å²) in [7, 11) is 1.53. The zero-order valence-corrected chi connectivity index (χ0v) is 13.1. The van der Waals surface area contributed by atoms with Gasteiger partial charge in [0.25, 0.3) is 5.91 Å². The maximum Gasteiger partial charge on any atom is 0.261 e. The monoisotopic (exact) mass is 326 g/mol. The van der Waals surface area contributed by atoms with Crippen LogP contribution in [0.4, 0.5) is 5.69 Å². The van der Waals surface area contributed by atoms with Crippen molar-refractivity contribution in [3.8, 4) is 5.75 Å². The highest BCUT2D eigenvalue weighted by molar-refractivity contribution is 8.01. The molecular weight excluding hydrogens is 312 g/mol. The highest BCUT2D eigenvalue weighted by Gasteiger charge is 2.54. The van der Waals surface area contributed by atoms with Crippen molar-refractivity contribution in [3.63, 3.8) is 0 Å². The van der Waals surface area contributed by atoms with Crippen LogP contribution < -0.4 is 10.1 Å². The van der Waals surface area contributed by atoms with E-state index in [4.69, 9.17) is 16.3 Å². The second-order valence-electron chi connectivity index (χ2n) is 4.98. The van der Waals surface area contributed by atoms with E-state index in [0.29, 0.717) is 35.8 Å². The molecule has 0 saturated carbocycles. The van der Waals surface area contributed by atoms with E-state index < -0.39 is 4.87 Å². The van der Waals surface area contributed by atoms with Gasteiger partial charge in [-0.2, -0.15) is 0 Å². The van der Waals surface area contributed by atoms with Gasteiger partial charge in [-0.1, -0.05) is 11.6 Å². The first kappa shape index (κ1) is 14.5. The molecule has 0 aliphatic carbocycles. The molecule has 112 valence electrons. The fourth-order valence-corrected chi connectivity index (χ4v) is 4.37. The Hall–Kier alpha value is -1.40. The van der Waals surface area contributed by atoms with Crippen molar-refractivity contribution in [3.05, 3.63) is 23.2 Å². The molecule has 2 heterocycles. The molecule has 1 aromatic rings. The lowest BCUT2D eigenvalue weighted by molar-refractivity contribution is -0.133. The van der Waals surface area contributed by atoms with Crippen LogP contribution in [0.2, 0.25) is 5.02 Å². The number of rotatable bonds is 3. The summed E-state index contributed by atoms with van der Waals surface area (Å²) in [4.78, 5) is 25.5. The maximum absolute atomic E-state index is 12.7. The van der Waals surface area contributed by atoms with Crippen molar-refractivity contribution in [2.45, 2.75) is 17.7 Å². The van der Waals surface area contributed by atoms with Crippen LogP contribution in [0.25, 0.3) is 0 Å². The molecule has 2 aliphatic rings. The smallest absolute Gasteiger partial charge is 0.261 e. The van der Waals surface area contributed by atoms with Crippen LogP contribution in [-0.4, -0.2) is 41.0 Å². The third-order valence-corrected chi connectivity index (χ3v) is 5.54. The van der Waals surface area contributed by atoms with Crippen LogP contribution in [0.15, 0.2) is 18.2 Å². The third-order valence-electron chi connectivity index (χ3n) is 3.84. The van der Waals surface area contributed by atoms with Crippen LogP contribution in [-0.2, 0) is 9.59 Å². The zero-order chi connectivity index (χ0) is 15.0. The summed E-state index contributed by atoms with van der Waals surface area (Å²) >= 11 is 7.50. The molecule has 0 radical (unpaired) electrons. The minimum Gasteiger partial charge on any atom is -0.495 e. The maximum atomic E-state index is 12.7. The van der Waals surface area contributed by atoms with Crippen molar-refractivity contribution in [2.75, 3.05) is 24.7 Å². The van der Waals surface area contributed by atoms with Crippen LogP contribution in [0.1, 0.15) is 12.8 Å². The Morgan fingerprint density at radius 3 is 3.10 bits per heavy atom. The topological polar surface area (TPSA) is 58.6 Å². The molecule has 21 heavy (non-hydrogen) atoms. The van der Waals surface area contributed by atoms with Gasteiger partial charge in [0.05, 0.1) is 12.8 Å². The van der Waals surface area contributed by atoms with E-state index in [0.717, 1.165) is 5.75 Å². The van der Waals surface area contributed by atoms with Gasteiger partial charge >= 0.3 is 0 Å². The van der Waals surface area contributed by atoms with Gasteiger partial charge in [0.15, 0.2) is 4.87 Å². The Morgan fingerprint density at radius 2 is 2.33 bits per heavy atom. The second-order valence-corrected chi connectivity index (χ2v) is 6.79. The number of nitrogens with zero attached hydrogens (tertiary/aromatic N) is 1. The summed E-state index contributed by atoms with van der Waals surface area (Å²) in [5, 5.41) is 3.38. The van der Waals surface area contributed by atoms with Gasteiger partial charge in [0.1, 0.15) is 5.75 Å². The first-order valence-corrected chi connectivity index (χ1v) is 8.02. The molecule has 7 heteroatoms. The number of nitrogens with one attached hydrogen (secondary N) is 1. The number of amides is 2. The molecule has 0 spiro atoms. The minimum absolute atomic E-state index is 0.0493. The number of anilines is 1. The quantitative estimate of drug-likeness (QED) is 0.926. The number of hydrogen-bond acceptors (Lipinski definition) is 4. The lowest BCUT2D eigenvalue weighted by atomic mass is 10.2. The number of methoxy groups -OCH3 is 1. The van der Waals surface area contributed by atoms with Gasteiger partial charge in [-0.25, -0.2) is 0 Å². The first-order valence-electron chi connectivity index (χ1n) is 6.66. The van der Waals surface area contributed by atoms with Crippen molar-refractivity contribution >= 4 is 40.9 Å². The number of fused-ring (bicyclic) bond motifs is 1. The second kappa shape index (κ2) is 5.42. The number of thioether (sulfide) groups is 1. The molecule has 2 saturated heterocycles. The molecule has 0 bridgehead atoms. The number of ether oxygens (including phenoxy) is 1. The van der Waals surface area contributed by atoms with Crippen molar-refractivity contribution in [1.29, 1.82) is 0 Å². The SMILES string of the molecule is COc1ccc(Cl)cc1NC(=O)[C@@]12CCC(=O)N1CCS2. The number of hydrogen-bond donors (Lipinski definition) is 1. The average molecular weight is 327 g/mol. The highest BCUT2D eigenvalue weighted by atomic mass is 35.5. The first-order chi connectivity index (χ1) is 10.1. The number of carbonyl (C=O) groups excluding carboxylic acids is 2. The van der Waals surface area contributed by atoms with Gasteiger partial charge in [-0.05, 0) is 24.6 Å². The fraction of sp³-hybridized carbons (Fsp3) is 0.429. The van der Waals surface area contributed by atoms with E-state index in [1.54, 1.807) is 23.1 Å². The Kier molecular flexibility index (Phi) is 3.75. The van der Waals surface area contributed by atoms with E-state index in [9.17, 15) is 9.59 Å². The molecule has 5 nitrogen and oxygen atoms in total. The van der Waals surface area contributed by atoms with Gasteiger partial charge in [-0.3, -0.25) is 9.59 Å². The summed E-state index contributed by atoms with van der Waals surface area (Å²) in [6, 6.07) is 5.05. The van der Waals surface area contributed by atoms with Crippen LogP contribution in [0.3, 0.4) is 0 Å². The fourth-order valence-electron chi connectivity index (χ4n) is 2.81. The lowest BCUT2D eigenvalue weighted by Crippen LogP contribution is -2.48. The van der Waals surface area contributed by atoms with E-state index in [1.165, 1.54) is 18.9 Å². The minimum atomic E-state index is -0.773. The largest absolute Gasteiger partial charge is 0.495 e. The molecule has 1 aromatic carbocycles. The Balaban J connectivity index is 1.87. The van der Waals surface area contributed by atoms with Crippen molar-refractivity contribution in [1.82, 2.24) is 4.90 Å². The molecule has 2 aliphatic heterocycles. The molecule has 2 amide bonds. The average Bonchev–Trinajstić information content (AvgIpc) is 3.01. The predicted molar refractivity (Wildman–Crippen MR) is 82.8 cm³/mol. The summed E-state index contributed by atoms with van der Waals surface area (Å²) in [5.74, 6) is 1.19. The van der Waals surface area contributed by atoms with Gasteiger partial charge < -0.3 is 15.0 Å². The normalized spacial score (nSPS) is 24.1. The summed E-state index contributed by atoms with van der Waals surface area (Å²) in [5.41, 5.74) is 0.524.